The molecule has 0 amide bonds. The third-order valence-electron chi connectivity index (χ3n) is 3.41. The Morgan fingerprint density at radius 2 is 1.59 bits per heavy atom. The van der Waals surface area contributed by atoms with E-state index in [2.05, 4.69) is 25.5 Å². The summed E-state index contributed by atoms with van der Waals surface area (Å²) in [7, 11) is -3.64. The van der Waals surface area contributed by atoms with Crippen LogP contribution in [-0.4, -0.2) is 8.42 Å². The average molecular weight is 338 g/mol. The van der Waals surface area contributed by atoms with Gasteiger partial charge in [0.1, 0.15) is 0 Å². The summed E-state index contributed by atoms with van der Waals surface area (Å²) >= 11 is 6.23. The largest absolute Gasteiger partial charge is 0.278 e. The number of anilines is 1. The molecule has 0 aliphatic carbocycles. The number of sulfonamides is 1. The van der Waals surface area contributed by atoms with Gasteiger partial charge >= 0.3 is 0 Å². The monoisotopic (exact) mass is 337 g/mol. The van der Waals surface area contributed by atoms with Gasteiger partial charge in [0.25, 0.3) is 10.0 Å². The van der Waals surface area contributed by atoms with Gasteiger partial charge in [-0.2, -0.15) is 0 Å². The summed E-state index contributed by atoms with van der Waals surface area (Å²) < 4.78 is 27.3. The van der Waals surface area contributed by atoms with Crippen molar-refractivity contribution in [3.63, 3.8) is 0 Å². The molecule has 0 atom stereocenters. The molecule has 0 aromatic heterocycles. The van der Waals surface area contributed by atoms with E-state index in [1.165, 1.54) is 0 Å². The maximum absolute atomic E-state index is 12.4. The second-order valence-electron chi connectivity index (χ2n) is 6.36. The maximum Gasteiger partial charge on any atom is 0.261 e. The second-order valence-corrected chi connectivity index (χ2v) is 8.45. The van der Waals surface area contributed by atoms with Crippen molar-refractivity contribution in [3.05, 3.63) is 58.6 Å². The van der Waals surface area contributed by atoms with Crippen LogP contribution in [0.2, 0.25) is 5.02 Å². The first-order valence-corrected chi connectivity index (χ1v) is 8.85. The zero-order valence-electron chi connectivity index (χ0n) is 13.1. The van der Waals surface area contributed by atoms with Crippen LogP contribution in [0.3, 0.4) is 0 Å². The Bertz CT molecular complexity index is 775. The lowest BCUT2D eigenvalue weighted by Gasteiger charge is -2.20. The van der Waals surface area contributed by atoms with Crippen LogP contribution < -0.4 is 4.72 Å². The minimum absolute atomic E-state index is 0.0436. The summed E-state index contributed by atoms with van der Waals surface area (Å²) in [5, 5.41) is 0.392. The van der Waals surface area contributed by atoms with Gasteiger partial charge in [-0.3, -0.25) is 4.72 Å². The van der Waals surface area contributed by atoms with Crippen molar-refractivity contribution in [1.82, 2.24) is 0 Å². The summed E-state index contributed by atoms with van der Waals surface area (Å²) in [6.45, 7) is 8.14. The molecule has 22 heavy (non-hydrogen) atoms. The lowest BCUT2D eigenvalue weighted by atomic mass is 9.87. The van der Waals surface area contributed by atoms with E-state index in [9.17, 15) is 8.42 Å². The third kappa shape index (κ3) is 3.81. The molecular weight excluding hydrogens is 318 g/mol. The smallest absolute Gasteiger partial charge is 0.261 e. The third-order valence-corrected chi connectivity index (χ3v) is 5.10. The summed E-state index contributed by atoms with van der Waals surface area (Å²) in [5.41, 5.74) is 2.40. The van der Waals surface area contributed by atoms with Crippen LogP contribution in [0, 0.1) is 6.92 Å². The number of benzene rings is 2. The predicted molar refractivity (Wildman–Crippen MR) is 92.1 cm³/mol. The minimum Gasteiger partial charge on any atom is -0.278 e. The van der Waals surface area contributed by atoms with Crippen molar-refractivity contribution in [2.75, 3.05) is 4.72 Å². The number of hydrogen-bond donors (Lipinski definition) is 1. The fourth-order valence-corrected chi connectivity index (χ4v) is 3.35. The molecule has 1 N–H and O–H groups in total. The van der Waals surface area contributed by atoms with Gasteiger partial charge in [-0.1, -0.05) is 56.1 Å². The van der Waals surface area contributed by atoms with Crippen molar-refractivity contribution in [2.45, 2.75) is 38.0 Å². The van der Waals surface area contributed by atoms with Crippen LogP contribution >= 0.6 is 11.6 Å². The van der Waals surface area contributed by atoms with Gasteiger partial charge in [0.05, 0.1) is 15.6 Å². The Kier molecular flexibility index (Phi) is 4.54. The van der Waals surface area contributed by atoms with Gasteiger partial charge in [-0.15, -0.1) is 0 Å². The molecule has 0 aliphatic rings. The number of halogens is 1. The van der Waals surface area contributed by atoms with Crippen LogP contribution in [0.15, 0.2) is 47.4 Å². The normalized spacial score (nSPS) is 12.2. The SMILES string of the molecule is Cc1ccc(S(=O)(=O)Nc2ccc(C(C)(C)C)cc2Cl)cc1. The van der Waals surface area contributed by atoms with Crippen molar-refractivity contribution in [1.29, 1.82) is 0 Å². The molecule has 2 rings (SSSR count). The lowest BCUT2D eigenvalue weighted by molar-refractivity contribution is 0.590. The van der Waals surface area contributed by atoms with Gasteiger partial charge in [0, 0.05) is 0 Å². The Morgan fingerprint density at radius 1 is 1.00 bits per heavy atom. The van der Waals surface area contributed by atoms with Crippen LogP contribution in [-0.2, 0) is 15.4 Å². The first kappa shape index (κ1) is 16.8. The number of aryl methyl sites for hydroxylation is 1. The van der Waals surface area contributed by atoms with Crippen LogP contribution in [0.25, 0.3) is 0 Å². The van der Waals surface area contributed by atoms with Gasteiger partial charge in [-0.25, -0.2) is 8.42 Å². The lowest BCUT2D eigenvalue weighted by Crippen LogP contribution is -2.14. The molecule has 0 radical (unpaired) electrons. The first-order valence-electron chi connectivity index (χ1n) is 6.99. The molecular formula is C17H20ClNO2S. The van der Waals surface area contributed by atoms with Gasteiger partial charge in [0.2, 0.25) is 0 Å². The molecule has 0 unspecified atom stereocenters. The summed E-state index contributed by atoms with van der Waals surface area (Å²) in [6, 6.07) is 12.1. The maximum atomic E-state index is 12.4. The van der Waals surface area contributed by atoms with E-state index in [0.717, 1.165) is 11.1 Å². The van der Waals surface area contributed by atoms with E-state index in [1.807, 2.05) is 13.0 Å². The standard InChI is InChI=1S/C17H20ClNO2S/c1-12-5-8-14(9-6-12)22(20,21)19-16-10-7-13(11-15(16)18)17(2,3)4/h5-11,19H,1-4H3. The Morgan fingerprint density at radius 3 is 2.09 bits per heavy atom. The van der Waals surface area contributed by atoms with Gasteiger partial charge in [0.15, 0.2) is 0 Å². The van der Waals surface area contributed by atoms with Crippen molar-refractivity contribution in [2.24, 2.45) is 0 Å². The quantitative estimate of drug-likeness (QED) is 0.878. The summed E-state index contributed by atoms with van der Waals surface area (Å²) in [4.78, 5) is 0.217. The highest BCUT2D eigenvalue weighted by Crippen LogP contribution is 2.31. The first-order chi connectivity index (χ1) is 10.1. The summed E-state index contributed by atoms with van der Waals surface area (Å²) in [6.07, 6.45) is 0. The Balaban J connectivity index is 2.32. The number of hydrogen-bond acceptors (Lipinski definition) is 2. The molecule has 0 heterocycles. The fourth-order valence-electron chi connectivity index (χ4n) is 1.99. The van der Waals surface area contributed by atoms with E-state index in [-0.39, 0.29) is 10.3 Å². The van der Waals surface area contributed by atoms with Gasteiger partial charge < -0.3 is 0 Å². The molecule has 0 bridgehead atoms. The Labute approximate surface area is 137 Å². The highest BCUT2D eigenvalue weighted by Gasteiger charge is 2.18. The molecule has 0 spiro atoms. The molecule has 118 valence electrons. The van der Waals surface area contributed by atoms with Crippen LogP contribution in [0.5, 0.6) is 0 Å². The molecule has 3 nitrogen and oxygen atoms in total. The second kappa shape index (κ2) is 5.94. The molecule has 0 aliphatic heterocycles. The van der Waals surface area contributed by atoms with Crippen molar-refractivity contribution in [3.8, 4) is 0 Å². The van der Waals surface area contributed by atoms with Crippen LogP contribution in [0.1, 0.15) is 31.9 Å². The minimum atomic E-state index is -3.64. The molecule has 0 fully saturated rings. The van der Waals surface area contributed by atoms with Gasteiger partial charge in [-0.05, 0) is 42.2 Å². The van der Waals surface area contributed by atoms with Crippen molar-refractivity contribution < 1.29 is 8.42 Å². The molecule has 2 aromatic carbocycles. The predicted octanol–water partition coefficient (Wildman–Crippen LogP) is 4.75. The zero-order valence-corrected chi connectivity index (χ0v) is 14.7. The summed E-state index contributed by atoms with van der Waals surface area (Å²) in [5.74, 6) is 0. The van der Waals surface area contributed by atoms with E-state index >= 15 is 0 Å². The average Bonchev–Trinajstić information content (AvgIpc) is 2.40. The molecule has 2 aromatic rings. The number of rotatable bonds is 3. The van der Waals surface area contributed by atoms with E-state index in [4.69, 9.17) is 11.6 Å². The Hall–Kier alpha value is -1.52. The topological polar surface area (TPSA) is 46.2 Å². The van der Waals surface area contributed by atoms with E-state index in [0.29, 0.717) is 10.7 Å². The van der Waals surface area contributed by atoms with E-state index < -0.39 is 10.0 Å². The molecule has 5 heteroatoms. The van der Waals surface area contributed by atoms with Crippen molar-refractivity contribution >= 4 is 27.3 Å². The molecule has 0 saturated heterocycles. The van der Waals surface area contributed by atoms with E-state index in [1.54, 1.807) is 36.4 Å². The molecule has 0 saturated carbocycles. The van der Waals surface area contributed by atoms with Crippen LogP contribution in [0.4, 0.5) is 5.69 Å². The highest BCUT2D eigenvalue weighted by atomic mass is 35.5. The zero-order chi connectivity index (χ0) is 16.5. The number of nitrogens with one attached hydrogen (secondary N) is 1. The fraction of sp³-hybridized carbons (Fsp3) is 0.294. The highest BCUT2D eigenvalue weighted by molar-refractivity contribution is 7.92.